The van der Waals surface area contributed by atoms with Crippen LogP contribution in [0.5, 0.6) is 0 Å². The fourth-order valence-corrected chi connectivity index (χ4v) is 0.913. The molecule has 6 nitrogen and oxygen atoms in total. The van der Waals surface area contributed by atoms with Crippen molar-refractivity contribution < 1.29 is 23.1 Å². The molecule has 0 fully saturated rings. The number of rotatable bonds is 6. The fourth-order valence-electron chi connectivity index (χ4n) is 0.459. The van der Waals surface area contributed by atoms with E-state index >= 15 is 0 Å². The highest BCUT2D eigenvalue weighted by atomic mass is 32.2. The minimum Gasteiger partial charge on any atom is -0.480 e. The summed E-state index contributed by atoms with van der Waals surface area (Å²) in [5, 5.41) is 8.11. The number of carboxylic acid groups (broad SMARTS) is 1. The van der Waals surface area contributed by atoms with Crippen molar-refractivity contribution in [3.05, 3.63) is 0 Å². The highest BCUT2D eigenvalue weighted by Crippen LogP contribution is 1.76. The topological polar surface area (TPSA) is 92.7 Å². The molecule has 0 atom stereocenters. The summed E-state index contributed by atoms with van der Waals surface area (Å²) >= 11 is 0. The van der Waals surface area contributed by atoms with Gasteiger partial charge in [0, 0.05) is 6.54 Å². The Hall–Kier alpha value is -0.660. The third kappa shape index (κ3) is 9.34. The summed E-state index contributed by atoms with van der Waals surface area (Å²) in [6.45, 7) is -0.267. The molecular weight excluding hydrogens is 186 g/mol. The highest BCUT2D eigenvalue weighted by molar-refractivity contribution is 7.88. The van der Waals surface area contributed by atoms with Crippen molar-refractivity contribution in [3.8, 4) is 0 Å². The van der Waals surface area contributed by atoms with E-state index in [0.29, 0.717) is 0 Å². The van der Waals surface area contributed by atoms with E-state index in [1.807, 2.05) is 0 Å². The Balaban J connectivity index is 3.29. The van der Waals surface area contributed by atoms with Crippen molar-refractivity contribution in [1.29, 1.82) is 0 Å². The lowest BCUT2D eigenvalue weighted by Crippen LogP contribution is -2.26. The number of nitrogens with one attached hydrogen (secondary N) is 1. The third-order valence-corrected chi connectivity index (χ3v) is 1.56. The fraction of sp³-hybridized carbons (Fsp3) is 0.800. The number of carboxylic acids is 1. The van der Waals surface area contributed by atoms with Crippen LogP contribution >= 0.6 is 0 Å². The summed E-state index contributed by atoms with van der Waals surface area (Å²) in [6.07, 6.45) is 1.02. The van der Waals surface area contributed by atoms with E-state index in [-0.39, 0.29) is 13.2 Å². The molecule has 0 amide bonds. The zero-order chi connectivity index (χ0) is 9.61. The van der Waals surface area contributed by atoms with Gasteiger partial charge >= 0.3 is 5.97 Å². The first-order valence-corrected chi connectivity index (χ1v) is 5.05. The molecule has 12 heavy (non-hydrogen) atoms. The molecule has 0 aliphatic heterocycles. The molecule has 0 aromatic heterocycles. The molecule has 0 spiro atoms. The molecule has 0 unspecified atom stereocenters. The minimum absolute atomic E-state index is 0.0549. The lowest BCUT2D eigenvalue weighted by molar-refractivity contribution is -0.142. The van der Waals surface area contributed by atoms with Crippen molar-refractivity contribution >= 4 is 16.0 Å². The van der Waals surface area contributed by atoms with E-state index < -0.39 is 22.6 Å². The first kappa shape index (κ1) is 11.3. The summed E-state index contributed by atoms with van der Waals surface area (Å²) in [6, 6.07) is 0. The second-order valence-electron chi connectivity index (χ2n) is 2.11. The Morgan fingerprint density at radius 2 is 2.17 bits per heavy atom. The van der Waals surface area contributed by atoms with Gasteiger partial charge in [0.15, 0.2) is 0 Å². The molecule has 2 N–H and O–H groups in total. The van der Waals surface area contributed by atoms with Crippen LogP contribution in [0.1, 0.15) is 0 Å². The molecule has 0 aromatic carbocycles. The Labute approximate surface area is 70.6 Å². The van der Waals surface area contributed by atoms with Crippen LogP contribution in [0.15, 0.2) is 0 Å². The van der Waals surface area contributed by atoms with Gasteiger partial charge in [0.05, 0.1) is 12.9 Å². The Kier molecular flexibility index (Phi) is 4.79. The zero-order valence-electron chi connectivity index (χ0n) is 6.61. The van der Waals surface area contributed by atoms with Crippen molar-refractivity contribution in [2.45, 2.75) is 0 Å². The smallest absolute Gasteiger partial charge is 0.329 e. The molecule has 0 bridgehead atoms. The van der Waals surface area contributed by atoms with Gasteiger partial charge in [-0.05, 0) is 0 Å². The maximum atomic E-state index is 10.4. The molecule has 0 saturated carbocycles. The van der Waals surface area contributed by atoms with E-state index in [2.05, 4.69) is 9.46 Å². The first-order valence-electron chi connectivity index (χ1n) is 3.16. The van der Waals surface area contributed by atoms with Gasteiger partial charge in [0.2, 0.25) is 10.0 Å². The predicted octanol–water partition coefficient (Wildman–Crippen LogP) is -1.36. The Bertz CT molecular complexity index is 234. The van der Waals surface area contributed by atoms with E-state index in [4.69, 9.17) is 5.11 Å². The van der Waals surface area contributed by atoms with Crippen LogP contribution in [0.3, 0.4) is 0 Å². The quantitative estimate of drug-likeness (QED) is 0.513. The Morgan fingerprint density at radius 3 is 2.58 bits per heavy atom. The maximum absolute atomic E-state index is 10.4. The minimum atomic E-state index is -3.20. The summed E-state index contributed by atoms with van der Waals surface area (Å²) < 4.78 is 27.6. The van der Waals surface area contributed by atoms with Crippen LogP contribution in [0.4, 0.5) is 0 Å². The van der Waals surface area contributed by atoms with Gasteiger partial charge in [-0.25, -0.2) is 17.9 Å². The molecule has 0 aromatic rings. The van der Waals surface area contributed by atoms with Gasteiger partial charge in [-0.1, -0.05) is 0 Å². The number of carbonyl (C=O) groups is 1. The molecule has 0 aliphatic rings. The van der Waals surface area contributed by atoms with E-state index in [1.165, 1.54) is 0 Å². The number of hydrogen-bond acceptors (Lipinski definition) is 4. The van der Waals surface area contributed by atoms with Crippen LogP contribution in [0.25, 0.3) is 0 Å². The summed E-state index contributed by atoms with van der Waals surface area (Å²) in [5.41, 5.74) is 0. The van der Waals surface area contributed by atoms with Gasteiger partial charge in [-0.15, -0.1) is 0 Å². The van der Waals surface area contributed by atoms with Crippen LogP contribution in [-0.4, -0.2) is 45.5 Å². The lowest BCUT2D eigenvalue weighted by atomic mass is 10.7. The van der Waals surface area contributed by atoms with Crippen LogP contribution < -0.4 is 4.72 Å². The largest absolute Gasteiger partial charge is 0.480 e. The van der Waals surface area contributed by atoms with E-state index in [9.17, 15) is 13.2 Å². The predicted molar refractivity (Wildman–Crippen MR) is 41.3 cm³/mol. The maximum Gasteiger partial charge on any atom is 0.329 e. The van der Waals surface area contributed by atoms with Crippen LogP contribution in [0.2, 0.25) is 0 Å². The number of hydrogen-bond donors (Lipinski definition) is 2. The standard InChI is InChI=1S/C5H11NO5S/c1-12(9,10)6-2-3-11-4-5(7)8/h6H,2-4H2,1H3,(H,7,8). The first-order chi connectivity index (χ1) is 5.42. The highest BCUT2D eigenvalue weighted by Gasteiger charge is 1.99. The van der Waals surface area contributed by atoms with Crippen molar-refractivity contribution in [1.82, 2.24) is 4.72 Å². The normalized spacial score (nSPS) is 11.4. The molecule has 0 heterocycles. The molecule has 7 heteroatoms. The summed E-state index contributed by atoms with van der Waals surface area (Å²) in [5.74, 6) is -1.07. The van der Waals surface area contributed by atoms with Crippen molar-refractivity contribution in [3.63, 3.8) is 0 Å². The average molecular weight is 197 g/mol. The van der Waals surface area contributed by atoms with Gasteiger partial charge in [-0.3, -0.25) is 0 Å². The van der Waals surface area contributed by atoms with Gasteiger partial charge in [-0.2, -0.15) is 0 Å². The van der Waals surface area contributed by atoms with Gasteiger partial charge < -0.3 is 9.84 Å². The van der Waals surface area contributed by atoms with E-state index in [0.717, 1.165) is 6.26 Å². The zero-order valence-corrected chi connectivity index (χ0v) is 7.43. The Morgan fingerprint density at radius 1 is 1.58 bits per heavy atom. The lowest BCUT2D eigenvalue weighted by Gasteiger charge is -2.01. The number of ether oxygens (including phenoxy) is 1. The molecule has 72 valence electrons. The van der Waals surface area contributed by atoms with Gasteiger partial charge in [0.1, 0.15) is 6.61 Å². The number of aliphatic carboxylic acids is 1. The monoisotopic (exact) mass is 197 g/mol. The van der Waals surface area contributed by atoms with Crippen molar-refractivity contribution in [2.75, 3.05) is 26.0 Å². The molecule has 0 rings (SSSR count). The average Bonchev–Trinajstić information content (AvgIpc) is 1.83. The van der Waals surface area contributed by atoms with Gasteiger partial charge in [0.25, 0.3) is 0 Å². The van der Waals surface area contributed by atoms with Crippen LogP contribution in [-0.2, 0) is 19.6 Å². The molecule has 0 aliphatic carbocycles. The van der Waals surface area contributed by atoms with Crippen molar-refractivity contribution in [2.24, 2.45) is 0 Å². The van der Waals surface area contributed by atoms with E-state index in [1.54, 1.807) is 0 Å². The number of sulfonamides is 1. The summed E-state index contributed by atoms with van der Waals surface area (Å²) in [7, 11) is -3.20. The second kappa shape index (κ2) is 5.07. The third-order valence-electron chi connectivity index (χ3n) is 0.836. The SMILES string of the molecule is CS(=O)(=O)NCCOCC(=O)O. The second-order valence-corrected chi connectivity index (χ2v) is 3.95. The molecule has 0 radical (unpaired) electrons. The molecular formula is C5H11NO5S. The summed E-state index contributed by atoms with van der Waals surface area (Å²) in [4.78, 5) is 9.90. The van der Waals surface area contributed by atoms with Crippen LogP contribution in [0, 0.1) is 0 Å². The molecule has 0 saturated heterocycles.